The summed E-state index contributed by atoms with van der Waals surface area (Å²) in [6, 6.07) is 15.5. The summed E-state index contributed by atoms with van der Waals surface area (Å²) in [5.41, 5.74) is 2.33. The van der Waals surface area contributed by atoms with E-state index in [1.54, 1.807) is 12.3 Å². The van der Waals surface area contributed by atoms with Gasteiger partial charge in [-0.2, -0.15) is 0 Å². The minimum Gasteiger partial charge on any atom is -0.472 e. The van der Waals surface area contributed by atoms with Crippen LogP contribution in [0.25, 0.3) is 10.9 Å². The van der Waals surface area contributed by atoms with E-state index in [0.29, 0.717) is 24.5 Å². The number of ether oxygens (including phenoxy) is 1. The smallest absolute Gasteiger partial charge is 0.255 e. The van der Waals surface area contributed by atoms with Crippen LogP contribution in [0, 0.1) is 6.92 Å². The molecule has 25 heavy (non-hydrogen) atoms. The molecule has 0 aliphatic carbocycles. The van der Waals surface area contributed by atoms with Gasteiger partial charge < -0.3 is 9.64 Å². The zero-order valence-electron chi connectivity index (χ0n) is 14.1. The molecule has 1 amide bonds. The number of nitrogens with zero attached hydrogens (tertiary/aromatic N) is 3. The maximum Gasteiger partial charge on any atom is 0.255 e. The highest BCUT2D eigenvalue weighted by Gasteiger charge is 2.29. The third-order valence-electron chi connectivity index (χ3n) is 4.53. The van der Waals surface area contributed by atoms with Gasteiger partial charge in [0.1, 0.15) is 6.10 Å². The third-order valence-corrected chi connectivity index (χ3v) is 4.53. The second kappa shape index (κ2) is 6.51. The van der Waals surface area contributed by atoms with E-state index >= 15 is 0 Å². The van der Waals surface area contributed by atoms with Crippen molar-refractivity contribution in [2.75, 3.05) is 13.1 Å². The number of carbonyl (C=O) groups is 1. The van der Waals surface area contributed by atoms with Gasteiger partial charge in [-0.25, -0.2) is 4.98 Å². The molecule has 126 valence electrons. The van der Waals surface area contributed by atoms with Gasteiger partial charge in [-0.3, -0.25) is 9.78 Å². The first-order valence-electron chi connectivity index (χ1n) is 8.44. The molecule has 1 aliphatic heterocycles. The van der Waals surface area contributed by atoms with Crippen LogP contribution in [0.4, 0.5) is 0 Å². The van der Waals surface area contributed by atoms with Crippen LogP contribution in [-0.4, -0.2) is 40.0 Å². The number of para-hydroxylation sites is 1. The normalized spacial score (nSPS) is 17.0. The van der Waals surface area contributed by atoms with Gasteiger partial charge in [-0.15, -0.1) is 0 Å². The molecular formula is C20H19N3O2. The van der Waals surface area contributed by atoms with Crippen LogP contribution >= 0.6 is 0 Å². The molecule has 3 aromatic rings. The number of carbonyl (C=O) groups excluding carboxylic acids is 1. The minimum absolute atomic E-state index is 0.0168. The number of hydrogen-bond acceptors (Lipinski definition) is 4. The quantitative estimate of drug-likeness (QED) is 0.738. The number of aryl methyl sites for hydroxylation is 1. The number of amides is 1. The maximum atomic E-state index is 12.7. The lowest BCUT2D eigenvalue weighted by molar-refractivity contribution is 0.0770. The molecule has 1 atom stereocenters. The molecule has 0 spiro atoms. The van der Waals surface area contributed by atoms with E-state index in [-0.39, 0.29) is 12.0 Å². The second-order valence-corrected chi connectivity index (χ2v) is 6.26. The van der Waals surface area contributed by atoms with Crippen LogP contribution in [0.15, 0.2) is 54.7 Å². The van der Waals surface area contributed by atoms with Gasteiger partial charge in [-0.05, 0) is 31.2 Å². The molecule has 1 aromatic carbocycles. The topological polar surface area (TPSA) is 55.3 Å². The number of rotatable bonds is 3. The van der Waals surface area contributed by atoms with Gasteiger partial charge in [0.25, 0.3) is 5.91 Å². The fraction of sp³-hybridized carbons (Fsp3) is 0.250. The molecule has 5 heteroatoms. The zero-order valence-corrected chi connectivity index (χ0v) is 14.1. The molecule has 1 saturated heterocycles. The monoisotopic (exact) mass is 333 g/mol. The Morgan fingerprint density at radius 3 is 2.92 bits per heavy atom. The third kappa shape index (κ3) is 3.18. The van der Waals surface area contributed by atoms with Crippen molar-refractivity contribution in [1.29, 1.82) is 0 Å². The van der Waals surface area contributed by atoms with Gasteiger partial charge in [0, 0.05) is 36.3 Å². The Hall–Kier alpha value is -2.95. The minimum atomic E-state index is -0.0328. The summed E-state index contributed by atoms with van der Waals surface area (Å²) in [4.78, 5) is 23.2. The largest absolute Gasteiger partial charge is 0.472 e. The molecular weight excluding hydrogens is 314 g/mol. The molecule has 3 heterocycles. The van der Waals surface area contributed by atoms with E-state index in [1.165, 1.54) is 0 Å². The molecule has 4 rings (SSSR count). The van der Waals surface area contributed by atoms with Crippen molar-refractivity contribution in [3.8, 4) is 5.88 Å². The van der Waals surface area contributed by atoms with Crippen molar-refractivity contribution in [3.05, 3.63) is 66.0 Å². The number of likely N-dealkylation sites (tertiary alicyclic amines) is 1. The first-order valence-corrected chi connectivity index (χ1v) is 8.44. The maximum absolute atomic E-state index is 12.7. The van der Waals surface area contributed by atoms with Crippen LogP contribution in [-0.2, 0) is 0 Å². The van der Waals surface area contributed by atoms with Crippen LogP contribution in [0.2, 0.25) is 0 Å². The Morgan fingerprint density at radius 2 is 2.04 bits per heavy atom. The van der Waals surface area contributed by atoms with E-state index in [9.17, 15) is 4.79 Å². The predicted octanol–water partition coefficient (Wildman–Crippen LogP) is 3.23. The molecule has 5 nitrogen and oxygen atoms in total. The van der Waals surface area contributed by atoms with Crippen molar-refractivity contribution in [3.63, 3.8) is 0 Å². The molecule has 0 saturated carbocycles. The molecule has 0 radical (unpaired) electrons. The predicted molar refractivity (Wildman–Crippen MR) is 95.7 cm³/mol. The summed E-state index contributed by atoms with van der Waals surface area (Å²) in [5.74, 6) is 0.624. The summed E-state index contributed by atoms with van der Waals surface area (Å²) >= 11 is 0. The Kier molecular flexibility index (Phi) is 4.06. The highest BCUT2D eigenvalue weighted by atomic mass is 16.5. The van der Waals surface area contributed by atoms with Crippen LogP contribution < -0.4 is 4.74 Å². The van der Waals surface area contributed by atoms with Crippen molar-refractivity contribution in [1.82, 2.24) is 14.9 Å². The summed E-state index contributed by atoms with van der Waals surface area (Å²) < 4.78 is 6.01. The first-order chi connectivity index (χ1) is 12.2. The van der Waals surface area contributed by atoms with Gasteiger partial charge >= 0.3 is 0 Å². The average molecular weight is 333 g/mol. The second-order valence-electron chi connectivity index (χ2n) is 6.26. The fourth-order valence-corrected chi connectivity index (χ4v) is 3.17. The van der Waals surface area contributed by atoms with Crippen molar-refractivity contribution >= 4 is 16.8 Å². The molecule has 1 aliphatic rings. The van der Waals surface area contributed by atoms with Crippen LogP contribution in [0.5, 0.6) is 5.88 Å². The highest BCUT2D eigenvalue weighted by molar-refractivity contribution is 5.95. The fourth-order valence-electron chi connectivity index (χ4n) is 3.17. The molecule has 1 unspecified atom stereocenters. The molecule has 0 N–H and O–H groups in total. The lowest BCUT2D eigenvalue weighted by Gasteiger charge is -2.18. The standard InChI is InChI=1S/C20H19N3O2/c1-14-17(6-4-11-21-14)20(24)23-12-10-16(13-23)25-19-9-8-15-5-2-3-7-18(15)22-19/h2-9,11,16H,10,12-13H2,1H3. The van der Waals surface area contributed by atoms with Crippen molar-refractivity contribution < 1.29 is 9.53 Å². The van der Waals surface area contributed by atoms with Gasteiger partial charge in [0.05, 0.1) is 17.6 Å². The summed E-state index contributed by atoms with van der Waals surface area (Å²) in [6.07, 6.45) is 2.47. The van der Waals surface area contributed by atoms with Crippen LogP contribution in [0.1, 0.15) is 22.5 Å². The number of fused-ring (bicyclic) bond motifs is 1. The van der Waals surface area contributed by atoms with E-state index < -0.39 is 0 Å². The number of aromatic nitrogens is 2. The average Bonchev–Trinajstić information content (AvgIpc) is 3.10. The number of benzene rings is 1. The first kappa shape index (κ1) is 15.6. The molecule has 1 fully saturated rings. The summed E-state index contributed by atoms with van der Waals surface area (Å²) in [6.45, 7) is 3.11. The number of pyridine rings is 2. The van der Waals surface area contributed by atoms with Gasteiger partial charge in [-0.1, -0.05) is 18.2 Å². The SMILES string of the molecule is Cc1ncccc1C(=O)N1CCC(Oc2ccc3ccccc3n2)C1. The summed E-state index contributed by atoms with van der Waals surface area (Å²) in [5, 5.41) is 1.09. The van der Waals surface area contributed by atoms with Crippen molar-refractivity contribution in [2.45, 2.75) is 19.4 Å². The van der Waals surface area contributed by atoms with E-state index in [2.05, 4.69) is 9.97 Å². The molecule has 0 bridgehead atoms. The van der Waals surface area contributed by atoms with Crippen LogP contribution in [0.3, 0.4) is 0 Å². The van der Waals surface area contributed by atoms with E-state index in [1.807, 2.05) is 54.3 Å². The van der Waals surface area contributed by atoms with Gasteiger partial charge in [0.15, 0.2) is 0 Å². The number of hydrogen-bond donors (Lipinski definition) is 0. The lowest BCUT2D eigenvalue weighted by Crippen LogP contribution is -2.31. The van der Waals surface area contributed by atoms with Gasteiger partial charge in [0.2, 0.25) is 5.88 Å². The Labute approximate surface area is 146 Å². The van der Waals surface area contributed by atoms with E-state index in [4.69, 9.17) is 4.74 Å². The zero-order chi connectivity index (χ0) is 17.2. The Balaban J connectivity index is 1.45. The lowest BCUT2D eigenvalue weighted by atomic mass is 10.2. The molecule has 2 aromatic heterocycles. The van der Waals surface area contributed by atoms with E-state index in [0.717, 1.165) is 23.0 Å². The Morgan fingerprint density at radius 1 is 1.16 bits per heavy atom. The van der Waals surface area contributed by atoms with Crippen molar-refractivity contribution in [2.24, 2.45) is 0 Å². The Bertz CT molecular complexity index is 925. The summed E-state index contributed by atoms with van der Waals surface area (Å²) in [7, 11) is 0. The highest BCUT2D eigenvalue weighted by Crippen LogP contribution is 2.21.